The molecular formula is C62H85N3O12S2. The zero-order valence-electron chi connectivity index (χ0n) is 46.5. The monoisotopic (exact) mass is 1130 g/mol. The lowest BCUT2D eigenvalue weighted by Gasteiger charge is -2.74. The highest BCUT2D eigenvalue weighted by Crippen LogP contribution is 2.82. The maximum atomic E-state index is 16.5. The predicted octanol–water partition coefficient (Wildman–Crippen LogP) is 6.50. The number of hydrogen-bond donors (Lipinski definition) is 9. The Morgan fingerprint density at radius 1 is 0.924 bits per heavy atom. The molecule has 0 unspecified atom stereocenters. The van der Waals surface area contributed by atoms with E-state index in [-0.39, 0.29) is 73.8 Å². The molecule has 0 radical (unpaired) electrons. The highest BCUT2D eigenvalue weighted by Gasteiger charge is 2.84. The number of aromatic nitrogens is 2. The number of ketones is 1. The molecule has 6 heterocycles. The molecule has 8 aliphatic carbocycles. The number of hydrogen-bond acceptors (Lipinski definition) is 15. The van der Waals surface area contributed by atoms with Gasteiger partial charge in [-0.3, -0.25) is 9.59 Å². The van der Waals surface area contributed by atoms with E-state index in [1.807, 2.05) is 23.8 Å². The minimum absolute atomic E-state index is 0.0319. The van der Waals surface area contributed by atoms with Crippen LogP contribution in [0.15, 0.2) is 60.7 Å². The van der Waals surface area contributed by atoms with Crippen LogP contribution in [0.1, 0.15) is 130 Å². The summed E-state index contributed by atoms with van der Waals surface area (Å²) in [5.74, 6) is -2.47. The van der Waals surface area contributed by atoms with E-state index in [4.69, 9.17) is 4.74 Å². The van der Waals surface area contributed by atoms with Crippen LogP contribution in [-0.2, 0) is 27.3 Å². The molecule has 5 aliphatic heterocycles. The number of phenols is 1. The topological polar surface area (TPSA) is 250 Å². The number of nitrogens with zero attached hydrogens (tertiary/aromatic N) is 3. The van der Waals surface area contributed by atoms with Crippen molar-refractivity contribution in [3.05, 3.63) is 66.3 Å². The second-order valence-corrected chi connectivity index (χ2v) is 30.4. The molecule has 8 fully saturated rings. The Balaban J connectivity index is 1.04. The number of phenolic OH excluding ortho intramolecular Hbond substituents is 1. The van der Waals surface area contributed by atoms with Gasteiger partial charge in [-0.2, -0.15) is 0 Å². The van der Waals surface area contributed by atoms with Crippen LogP contribution in [0.25, 0.3) is 0 Å². The minimum atomic E-state index is -2.13. The van der Waals surface area contributed by atoms with E-state index in [1.165, 1.54) is 10.8 Å². The summed E-state index contributed by atoms with van der Waals surface area (Å²) in [6.07, 6.45) is 14.5. The van der Waals surface area contributed by atoms with Crippen LogP contribution in [0, 0.1) is 79.8 Å². The maximum absolute atomic E-state index is 16.5. The Hall–Kier alpha value is -2.81. The molecule has 13 aliphatic rings. The third-order valence-electron chi connectivity index (χ3n) is 25.5. The first-order valence-corrected chi connectivity index (χ1v) is 32.4. The number of ether oxygens (including phenoxy) is 1. The van der Waals surface area contributed by atoms with Crippen molar-refractivity contribution in [3.8, 4) is 5.75 Å². The maximum Gasteiger partial charge on any atom is 0.234 e. The summed E-state index contributed by atoms with van der Waals surface area (Å²) in [6, 6.07) is 5.31. The van der Waals surface area contributed by atoms with Crippen LogP contribution in [0.3, 0.4) is 0 Å². The molecule has 1 aromatic heterocycles. The van der Waals surface area contributed by atoms with Crippen LogP contribution in [0.5, 0.6) is 5.75 Å². The first kappa shape index (κ1) is 55.4. The molecule has 79 heavy (non-hydrogen) atoms. The van der Waals surface area contributed by atoms with Crippen LogP contribution >= 0.6 is 21.6 Å². The van der Waals surface area contributed by atoms with Crippen molar-refractivity contribution in [3.63, 3.8) is 0 Å². The summed E-state index contributed by atoms with van der Waals surface area (Å²) >= 11 is 0. The molecule has 8 bridgehead atoms. The Morgan fingerprint density at radius 2 is 1.73 bits per heavy atom. The van der Waals surface area contributed by atoms with E-state index in [0.29, 0.717) is 101 Å². The van der Waals surface area contributed by atoms with Gasteiger partial charge in [-0.1, -0.05) is 74.3 Å². The number of imidazole rings is 1. The quantitative estimate of drug-likeness (QED) is 0.0816. The number of allylic oxidation sites excluding steroid dienone is 2. The van der Waals surface area contributed by atoms with Gasteiger partial charge in [0.1, 0.15) is 28.5 Å². The average molecular weight is 1130 g/mol. The predicted molar refractivity (Wildman–Crippen MR) is 299 cm³/mol. The van der Waals surface area contributed by atoms with Crippen molar-refractivity contribution in [2.75, 3.05) is 30.4 Å². The number of aromatic hydroxyl groups is 1. The number of aliphatic hydroxyl groups excluding tert-OH is 5. The molecule has 1 aromatic carbocycles. The second-order valence-electron chi connectivity index (χ2n) is 27.9. The van der Waals surface area contributed by atoms with Gasteiger partial charge < -0.3 is 60.2 Å². The smallest absolute Gasteiger partial charge is 0.234 e. The Labute approximate surface area is 472 Å². The lowest BCUT2D eigenvalue weighted by atomic mass is 9.31. The summed E-state index contributed by atoms with van der Waals surface area (Å²) in [5, 5.41) is 116. The Bertz CT molecular complexity index is 2820. The number of aliphatic hydroxyl groups is 8. The van der Waals surface area contributed by atoms with E-state index >= 15 is 9.59 Å². The van der Waals surface area contributed by atoms with Gasteiger partial charge in [0.25, 0.3) is 0 Å². The summed E-state index contributed by atoms with van der Waals surface area (Å²) in [4.78, 5) is 38.7. The summed E-state index contributed by atoms with van der Waals surface area (Å²) in [6.45, 7) is 8.19. The number of anilines is 1. The van der Waals surface area contributed by atoms with Crippen LogP contribution in [0.2, 0.25) is 0 Å². The van der Waals surface area contributed by atoms with Gasteiger partial charge in [0.15, 0.2) is 5.78 Å². The average Bonchev–Trinajstić information content (AvgIpc) is 3.68. The van der Waals surface area contributed by atoms with Crippen molar-refractivity contribution in [2.45, 2.75) is 184 Å². The number of epoxide rings is 1. The van der Waals surface area contributed by atoms with Gasteiger partial charge in [0.05, 0.1) is 47.7 Å². The van der Waals surface area contributed by atoms with Crippen molar-refractivity contribution < 1.29 is 60.3 Å². The lowest BCUT2D eigenvalue weighted by Crippen LogP contribution is -2.79. The number of carbonyl (C=O) groups is 2. The summed E-state index contributed by atoms with van der Waals surface area (Å²) < 4.78 is 8.59. The minimum Gasteiger partial charge on any atom is -0.508 e. The third-order valence-corrected chi connectivity index (χ3v) is 28.1. The zero-order valence-corrected chi connectivity index (χ0v) is 48.1. The molecule has 2 aromatic rings. The highest BCUT2D eigenvalue weighted by atomic mass is 33.1. The molecule has 15 rings (SSSR count). The Kier molecular flexibility index (Phi) is 13.2. The fraction of sp³-hybridized carbons (Fsp3) is 0.758. The molecule has 432 valence electrons. The van der Waals surface area contributed by atoms with Gasteiger partial charge in [-0.05, 0) is 166 Å². The normalized spacial score (nSPS) is 49.4. The summed E-state index contributed by atoms with van der Waals surface area (Å²) in [7, 11) is 2.52. The van der Waals surface area contributed by atoms with Gasteiger partial charge in [-0.25, -0.2) is 4.98 Å². The second kappa shape index (κ2) is 18.8. The van der Waals surface area contributed by atoms with Gasteiger partial charge in [0.2, 0.25) is 5.91 Å². The van der Waals surface area contributed by atoms with Crippen LogP contribution < -0.4 is 4.90 Å². The number of carbonyl (C=O) groups excluding carboxylic acids is 2. The fourth-order valence-corrected chi connectivity index (χ4v) is 24.7. The first-order chi connectivity index (χ1) is 37.6. The molecule has 5 spiro atoms. The SMILES string of the molecule is CC(C)[C@@H](C)[C@@H]1O[C@H]1[C@@]1(O)CC=C[C@@H]2C[C@H]3C4=CC(=O)[C@@]5(C[C@@H](O)[C@](O)(CO)[C@@]6(CC[C@H](Cn7ccnc7)C6)[C@]35C)[C@@H](O)SSC[C@H]3CCC[C@H](CO)[C@]35C(=O)N(C[C@@]53CCC[C@@H]3O)c3cc(O)cc(c3)CC[C@]23[C@@H]1CC[C@@]43O. The largest absolute Gasteiger partial charge is 0.508 e. The van der Waals surface area contributed by atoms with Crippen molar-refractivity contribution in [1.29, 1.82) is 0 Å². The van der Waals surface area contributed by atoms with Crippen molar-refractivity contribution >= 4 is 39.0 Å². The molecule has 1 amide bonds. The highest BCUT2D eigenvalue weighted by molar-refractivity contribution is 8.76. The number of rotatable bonds is 7. The number of amides is 1. The zero-order chi connectivity index (χ0) is 55.7. The van der Waals surface area contributed by atoms with E-state index in [0.717, 1.165) is 22.8 Å². The van der Waals surface area contributed by atoms with Gasteiger partial charge >= 0.3 is 0 Å². The molecule has 21 atom stereocenters. The number of aryl methyl sites for hydroxylation is 1. The van der Waals surface area contributed by atoms with E-state index in [1.54, 1.807) is 35.6 Å². The fourth-order valence-electron chi connectivity index (χ4n) is 21.6. The van der Waals surface area contributed by atoms with Gasteiger partial charge in [-0.15, -0.1) is 0 Å². The lowest BCUT2D eigenvalue weighted by molar-refractivity contribution is -0.310. The van der Waals surface area contributed by atoms with E-state index in [2.05, 4.69) is 37.9 Å². The Morgan fingerprint density at radius 3 is 2.46 bits per heavy atom. The van der Waals surface area contributed by atoms with Gasteiger partial charge in [0, 0.05) is 71.8 Å². The van der Waals surface area contributed by atoms with Crippen molar-refractivity contribution in [2.24, 2.45) is 79.8 Å². The first-order valence-electron chi connectivity index (χ1n) is 30.0. The van der Waals surface area contributed by atoms with Crippen molar-refractivity contribution in [1.82, 2.24) is 9.55 Å². The molecule has 15 nitrogen and oxygen atoms in total. The van der Waals surface area contributed by atoms with Crippen LogP contribution in [-0.4, -0.2) is 139 Å². The molecule has 9 N–H and O–H groups in total. The van der Waals surface area contributed by atoms with E-state index < -0.39 is 109 Å². The molecule has 17 heteroatoms. The third kappa shape index (κ3) is 6.92. The molecule has 6 saturated carbocycles. The van der Waals surface area contributed by atoms with E-state index in [9.17, 15) is 46.0 Å². The molecule has 2 saturated heterocycles. The van der Waals surface area contributed by atoms with Crippen LogP contribution in [0.4, 0.5) is 5.69 Å². The molecular weight excluding hydrogens is 1040 g/mol. The number of fused-ring (bicyclic) bond motifs is 1. The number of benzene rings is 1. The standard InChI is InChI=1S/C62H85N3O12S2/c1-35(2)36(3)50-51(77-50)59(74)16-6-10-39-24-44-45-26-48(70)58(28-49(71)61(76,33-67)56(54(44,58)4)17-12-38(27-56)29-64-21-20-63-34-64)53(73)79-78-31-41-9-5-8-40(30-66)62(41)52(72)65(32-55(62)15-7-11-47(55)69)42-22-37(23-43(68)25-42)13-18-57(39)46(59)14-19-60(45,57)75/h6,10,20-23,25-26,34-36,38-41,44,46-47,49-51,53,66-69,71,73-76H,5,7-9,11-19,24,27-33H2,1-4H3/t36-,38+,39-,40-,41-,44+,46+,47+,49-,50+,51-,53+,54+,55-,56-,57-,58+,59-,60-,61-,62-/m1/s1. The summed E-state index contributed by atoms with van der Waals surface area (Å²) in [5.41, 5.74) is -12.9.